The minimum absolute atomic E-state index is 0.105. The Morgan fingerprint density at radius 2 is 1.83 bits per heavy atom. The summed E-state index contributed by atoms with van der Waals surface area (Å²) in [6.07, 6.45) is 9.23. The first-order chi connectivity index (χ1) is 14.1. The first kappa shape index (κ1) is 20.9. The number of hydrogen-bond donors (Lipinski definition) is 0. The molecule has 0 aromatic carbocycles. The lowest BCUT2D eigenvalue weighted by Crippen LogP contribution is -2.55. The molecular formula is C23H35N3O2S. The van der Waals surface area contributed by atoms with E-state index in [9.17, 15) is 9.59 Å². The number of hydrogen-bond acceptors (Lipinski definition) is 4. The van der Waals surface area contributed by atoms with Crippen molar-refractivity contribution in [1.29, 1.82) is 0 Å². The first-order valence-corrected chi connectivity index (χ1v) is 12.4. The summed E-state index contributed by atoms with van der Waals surface area (Å²) in [6.45, 7) is 6.04. The molecule has 160 valence electrons. The lowest BCUT2D eigenvalue weighted by Gasteiger charge is -2.39. The van der Waals surface area contributed by atoms with Crippen molar-refractivity contribution in [1.82, 2.24) is 14.7 Å². The number of nitrogens with zero attached hydrogens (tertiary/aromatic N) is 3. The Kier molecular flexibility index (Phi) is 6.91. The average molecular weight is 418 g/mol. The third-order valence-electron chi connectivity index (χ3n) is 7.22. The number of carbonyl (C=O) groups is 2. The second kappa shape index (κ2) is 9.61. The van der Waals surface area contributed by atoms with Crippen LogP contribution in [-0.4, -0.2) is 65.3 Å². The van der Waals surface area contributed by atoms with Crippen molar-refractivity contribution >= 4 is 23.2 Å². The van der Waals surface area contributed by atoms with Gasteiger partial charge in [0.1, 0.15) is 0 Å². The van der Waals surface area contributed by atoms with E-state index in [4.69, 9.17) is 0 Å². The van der Waals surface area contributed by atoms with Crippen molar-refractivity contribution in [3.8, 4) is 0 Å². The Morgan fingerprint density at radius 1 is 1.07 bits per heavy atom. The molecule has 0 bridgehead atoms. The van der Waals surface area contributed by atoms with E-state index in [1.807, 2.05) is 11.8 Å². The Labute approximate surface area is 179 Å². The lowest BCUT2D eigenvalue weighted by atomic mass is 10.0. The maximum absolute atomic E-state index is 13.2. The topological polar surface area (TPSA) is 43.9 Å². The molecule has 29 heavy (non-hydrogen) atoms. The monoisotopic (exact) mass is 417 g/mol. The lowest BCUT2D eigenvalue weighted by molar-refractivity contribution is -0.139. The number of likely N-dealkylation sites (tertiary alicyclic amines) is 1. The summed E-state index contributed by atoms with van der Waals surface area (Å²) in [4.78, 5) is 33.5. The van der Waals surface area contributed by atoms with Gasteiger partial charge in [0.25, 0.3) is 0 Å². The molecule has 1 aromatic heterocycles. The van der Waals surface area contributed by atoms with Gasteiger partial charge in [-0.05, 0) is 43.6 Å². The molecule has 3 heterocycles. The van der Waals surface area contributed by atoms with E-state index in [0.717, 1.165) is 57.9 Å². The molecule has 4 rings (SSSR count). The van der Waals surface area contributed by atoms with E-state index in [2.05, 4.69) is 27.3 Å². The van der Waals surface area contributed by atoms with Crippen LogP contribution in [0.5, 0.6) is 0 Å². The fourth-order valence-corrected chi connectivity index (χ4v) is 6.22. The summed E-state index contributed by atoms with van der Waals surface area (Å²) >= 11 is 1.75. The van der Waals surface area contributed by atoms with Crippen LogP contribution in [0.4, 0.5) is 0 Å². The van der Waals surface area contributed by atoms with Crippen LogP contribution in [0.2, 0.25) is 0 Å². The minimum atomic E-state index is -0.105. The van der Waals surface area contributed by atoms with Crippen molar-refractivity contribution < 1.29 is 9.59 Å². The molecule has 3 aliphatic rings. The Bertz CT molecular complexity index is 678. The predicted octanol–water partition coefficient (Wildman–Crippen LogP) is 3.91. The quantitative estimate of drug-likeness (QED) is 0.705. The Balaban J connectivity index is 1.25. The predicted molar refractivity (Wildman–Crippen MR) is 117 cm³/mol. The van der Waals surface area contributed by atoms with Crippen LogP contribution in [0.25, 0.3) is 0 Å². The highest BCUT2D eigenvalue weighted by Gasteiger charge is 2.36. The molecule has 2 atom stereocenters. The van der Waals surface area contributed by atoms with E-state index < -0.39 is 0 Å². The van der Waals surface area contributed by atoms with Crippen LogP contribution in [0.1, 0.15) is 69.2 Å². The van der Waals surface area contributed by atoms with Gasteiger partial charge in [0, 0.05) is 44.0 Å². The molecule has 0 radical (unpaired) electrons. The summed E-state index contributed by atoms with van der Waals surface area (Å²) < 4.78 is 0. The van der Waals surface area contributed by atoms with Gasteiger partial charge in [0.15, 0.2) is 0 Å². The molecule has 2 unspecified atom stereocenters. The van der Waals surface area contributed by atoms with Crippen molar-refractivity contribution in [3.63, 3.8) is 0 Å². The number of amides is 2. The second-order valence-corrected chi connectivity index (χ2v) is 9.97. The van der Waals surface area contributed by atoms with Crippen LogP contribution < -0.4 is 0 Å². The number of thiophene rings is 1. The molecule has 1 aliphatic carbocycles. The third kappa shape index (κ3) is 4.85. The van der Waals surface area contributed by atoms with Crippen molar-refractivity contribution in [2.24, 2.45) is 5.92 Å². The molecule has 0 N–H and O–H groups in total. The molecule has 5 nitrogen and oxygen atoms in total. The van der Waals surface area contributed by atoms with Crippen LogP contribution in [-0.2, 0) is 9.59 Å². The van der Waals surface area contributed by atoms with Gasteiger partial charge in [-0.15, -0.1) is 11.3 Å². The largest absolute Gasteiger partial charge is 0.340 e. The van der Waals surface area contributed by atoms with Gasteiger partial charge in [-0.2, -0.15) is 0 Å². The number of piperazine rings is 1. The maximum atomic E-state index is 13.2. The van der Waals surface area contributed by atoms with Gasteiger partial charge in [0.2, 0.25) is 11.8 Å². The summed E-state index contributed by atoms with van der Waals surface area (Å²) in [5.74, 6) is 1.34. The standard InChI is InChI=1S/C23H35N3O2S/c1-18(23(28)26-12-4-8-20(26)21-9-5-17-29-21)24-13-15-25(16-14-24)22(27)11-10-19-6-2-3-7-19/h5,9,17-20H,2-4,6-8,10-16H2,1H3. The highest BCUT2D eigenvalue weighted by Crippen LogP contribution is 2.35. The molecule has 2 amide bonds. The molecule has 6 heteroatoms. The molecule has 1 aromatic rings. The van der Waals surface area contributed by atoms with E-state index >= 15 is 0 Å². The van der Waals surface area contributed by atoms with Gasteiger partial charge in [-0.3, -0.25) is 14.5 Å². The number of rotatable bonds is 6. The molecule has 2 aliphatic heterocycles. The van der Waals surface area contributed by atoms with Crippen LogP contribution in [0, 0.1) is 5.92 Å². The summed E-state index contributed by atoms with van der Waals surface area (Å²) in [5.41, 5.74) is 0. The van der Waals surface area contributed by atoms with Gasteiger partial charge in [-0.25, -0.2) is 0 Å². The van der Waals surface area contributed by atoms with Crippen molar-refractivity contribution in [2.75, 3.05) is 32.7 Å². The van der Waals surface area contributed by atoms with Crippen molar-refractivity contribution in [2.45, 2.75) is 70.4 Å². The van der Waals surface area contributed by atoms with Crippen LogP contribution in [0.3, 0.4) is 0 Å². The molecular weight excluding hydrogens is 382 g/mol. The van der Waals surface area contributed by atoms with Crippen molar-refractivity contribution in [3.05, 3.63) is 22.4 Å². The Hall–Kier alpha value is -1.40. The zero-order valence-corrected chi connectivity index (χ0v) is 18.5. The summed E-state index contributed by atoms with van der Waals surface area (Å²) in [6, 6.07) is 4.38. The summed E-state index contributed by atoms with van der Waals surface area (Å²) in [5, 5.41) is 2.10. The highest BCUT2D eigenvalue weighted by atomic mass is 32.1. The average Bonchev–Trinajstić information content (AvgIpc) is 3.52. The fourth-order valence-electron chi connectivity index (χ4n) is 5.35. The van der Waals surface area contributed by atoms with E-state index in [0.29, 0.717) is 12.3 Å². The zero-order valence-electron chi connectivity index (χ0n) is 17.7. The van der Waals surface area contributed by atoms with Gasteiger partial charge < -0.3 is 9.80 Å². The second-order valence-electron chi connectivity index (χ2n) is 8.99. The molecule has 0 spiro atoms. The Morgan fingerprint density at radius 3 is 2.52 bits per heavy atom. The summed E-state index contributed by atoms with van der Waals surface area (Å²) in [7, 11) is 0. The van der Waals surface area contributed by atoms with Gasteiger partial charge in [-0.1, -0.05) is 31.7 Å². The van der Waals surface area contributed by atoms with E-state index in [1.165, 1.54) is 30.6 Å². The fraction of sp³-hybridized carbons (Fsp3) is 0.739. The molecule has 3 fully saturated rings. The van der Waals surface area contributed by atoms with Crippen LogP contribution >= 0.6 is 11.3 Å². The minimum Gasteiger partial charge on any atom is -0.340 e. The van der Waals surface area contributed by atoms with E-state index in [1.54, 1.807) is 11.3 Å². The van der Waals surface area contributed by atoms with E-state index in [-0.39, 0.29) is 18.0 Å². The first-order valence-electron chi connectivity index (χ1n) is 11.5. The van der Waals surface area contributed by atoms with Crippen LogP contribution in [0.15, 0.2) is 17.5 Å². The number of carbonyl (C=O) groups excluding carboxylic acids is 2. The third-order valence-corrected chi connectivity index (χ3v) is 8.19. The molecule has 1 saturated carbocycles. The SMILES string of the molecule is CC(C(=O)N1CCCC1c1cccs1)N1CCN(C(=O)CCC2CCCC2)CC1. The zero-order chi connectivity index (χ0) is 20.2. The normalized spacial score (nSPS) is 24.9. The maximum Gasteiger partial charge on any atom is 0.240 e. The van der Waals surface area contributed by atoms with Gasteiger partial charge in [0.05, 0.1) is 12.1 Å². The highest BCUT2D eigenvalue weighted by molar-refractivity contribution is 7.10. The molecule has 2 saturated heterocycles. The van der Waals surface area contributed by atoms with Gasteiger partial charge >= 0.3 is 0 Å². The smallest absolute Gasteiger partial charge is 0.240 e.